The molecule has 148 valence electrons. The van der Waals surface area contributed by atoms with Gasteiger partial charge in [0.2, 0.25) is 11.8 Å². The van der Waals surface area contributed by atoms with Gasteiger partial charge in [-0.1, -0.05) is 6.07 Å². The lowest BCUT2D eigenvalue weighted by atomic mass is 9.90. The van der Waals surface area contributed by atoms with Gasteiger partial charge in [0.25, 0.3) is 11.5 Å². The van der Waals surface area contributed by atoms with Gasteiger partial charge >= 0.3 is 0 Å². The number of rotatable bonds is 4. The van der Waals surface area contributed by atoms with Crippen LogP contribution in [0, 0.1) is 6.92 Å². The maximum atomic E-state index is 13.3. The van der Waals surface area contributed by atoms with Crippen LogP contribution in [0.2, 0.25) is 0 Å². The highest BCUT2D eigenvalue weighted by Crippen LogP contribution is 2.27. The summed E-state index contributed by atoms with van der Waals surface area (Å²) in [5.74, 6) is -0.409. The van der Waals surface area contributed by atoms with E-state index in [1.807, 2.05) is 6.07 Å². The smallest absolute Gasteiger partial charge is 0.262 e. The van der Waals surface area contributed by atoms with Crippen molar-refractivity contribution in [2.24, 2.45) is 0 Å². The topological polar surface area (TPSA) is 101 Å². The van der Waals surface area contributed by atoms with Gasteiger partial charge < -0.3 is 4.90 Å². The molecule has 1 atom stereocenters. The number of amides is 3. The fraction of sp³-hybridized carbons (Fsp3) is 0.450. The van der Waals surface area contributed by atoms with Crippen molar-refractivity contribution in [2.45, 2.75) is 45.1 Å². The predicted molar refractivity (Wildman–Crippen MR) is 104 cm³/mol. The first-order valence-corrected chi connectivity index (χ1v) is 9.20. The van der Waals surface area contributed by atoms with Crippen molar-refractivity contribution in [3.05, 3.63) is 39.9 Å². The molecule has 0 aliphatic carbocycles. The first kappa shape index (κ1) is 19.7. The Balaban J connectivity index is 2.05. The summed E-state index contributed by atoms with van der Waals surface area (Å²) in [6.07, 6.45) is 1.25. The maximum Gasteiger partial charge on any atom is 0.262 e. The fourth-order valence-corrected chi connectivity index (χ4v) is 3.56. The number of nitrogens with one attached hydrogen (secondary N) is 1. The van der Waals surface area contributed by atoms with E-state index in [4.69, 9.17) is 0 Å². The van der Waals surface area contributed by atoms with Gasteiger partial charge in [0.1, 0.15) is 11.4 Å². The molecule has 0 unspecified atom stereocenters. The van der Waals surface area contributed by atoms with E-state index in [2.05, 4.69) is 10.3 Å². The minimum absolute atomic E-state index is 0.00981. The van der Waals surface area contributed by atoms with Crippen LogP contribution in [0.25, 0.3) is 10.9 Å². The average Bonchev–Trinajstić information content (AvgIpc) is 2.63. The first-order valence-electron chi connectivity index (χ1n) is 9.20. The molecule has 1 aliphatic rings. The van der Waals surface area contributed by atoms with E-state index in [9.17, 15) is 19.2 Å². The zero-order valence-electron chi connectivity index (χ0n) is 16.5. The molecule has 0 radical (unpaired) electrons. The number of nitrogens with zero attached hydrogens (tertiary/aromatic N) is 3. The maximum absolute atomic E-state index is 13.3. The van der Waals surface area contributed by atoms with Crippen molar-refractivity contribution in [1.29, 1.82) is 0 Å². The number of aryl methyl sites for hydroxylation is 2. The minimum atomic E-state index is -1.17. The van der Waals surface area contributed by atoms with Crippen LogP contribution >= 0.6 is 0 Å². The van der Waals surface area contributed by atoms with Gasteiger partial charge in [-0.15, -0.1) is 0 Å². The number of carbonyl (C=O) groups excluding carboxylic acids is 3. The van der Waals surface area contributed by atoms with E-state index in [0.717, 1.165) is 5.56 Å². The van der Waals surface area contributed by atoms with Gasteiger partial charge in [-0.05, 0) is 44.4 Å². The van der Waals surface area contributed by atoms with Crippen molar-refractivity contribution < 1.29 is 14.4 Å². The van der Waals surface area contributed by atoms with E-state index in [1.54, 1.807) is 40.1 Å². The van der Waals surface area contributed by atoms with Crippen LogP contribution < -0.4 is 10.9 Å². The quantitative estimate of drug-likeness (QED) is 0.789. The first-order chi connectivity index (χ1) is 13.1. The lowest BCUT2D eigenvalue weighted by molar-refractivity contribution is -0.140. The van der Waals surface area contributed by atoms with Gasteiger partial charge in [0, 0.05) is 26.9 Å². The van der Waals surface area contributed by atoms with Crippen LogP contribution in [0.5, 0.6) is 0 Å². The van der Waals surface area contributed by atoms with Crippen molar-refractivity contribution in [3.63, 3.8) is 0 Å². The molecule has 1 saturated heterocycles. The van der Waals surface area contributed by atoms with E-state index < -0.39 is 11.4 Å². The summed E-state index contributed by atoms with van der Waals surface area (Å²) in [5.41, 5.74) is -0.106. The molecule has 0 bridgehead atoms. The van der Waals surface area contributed by atoms with E-state index in [1.165, 1.54) is 9.47 Å². The Morgan fingerprint density at radius 1 is 1.29 bits per heavy atom. The third-order valence-electron chi connectivity index (χ3n) is 5.30. The van der Waals surface area contributed by atoms with Crippen molar-refractivity contribution in [2.75, 3.05) is 14.1 Å². The van der Waals surface area contributed by atoms with Gasteiger partial charge in [-0.25, -0.2) is 4.98 Å². The Bertz CT molecular complexity index is 1040. The van der Waals surface area contributed by atoms with Crippen LogP contribution in [-0.2, 0) is 26.3 Å². The molecule has 3 rings (SSSR count). The molecule has 28 heavy (non-hydrogen) atoms. The molecule has 1 N–H and O–H groups in total. The summed E-state index contributed by atoms with van der Waals surface area (Å²) in [7, 11) is 3.41. The Morgan fingerprint density at radius 2 is 2.00 bits per heavy atom. The summed E-state index contributed by atoms with van der Waals surface area (Å²) in [5, 5.41) is 2.71. The summed E-state index contributed by atoms with van der Waals surface area (Å²) in [4.78, 5) is 55.2. The molecule has 3 amide bonds. The zero-order valence-corrected chi connectivity index (χ0v) is 16.5. The van der Waals surface area contributed by atoms with E-state index >= 15 is 0 Å². The van der Waals surface area contributed by atoms with Crippen molar-refractivity contribution in [1.82, 2.24) is 19.8 Å². The van der Waals surface area contributed by atoms with Crippen molar-refractivity contribution >= 4 is 28.6 Å². The lowest BCUT2D eigenvalue weighted by Gasteiger charge is -2.34. The molecule has 0 saturated carbocycles. The van der Waals surface area contributed by atoms with E-state index in [0.29, 0.717) is 29.6 Å². The van der Waals surface area contributed by atoms with Crippen molar-refractivity contribution in [3.8, 4) is 0 Å². The second-order valence-corrected chi connectivity index (χ2v) is 7.59. The molecule has 1 aromatic carbocycles. The highest BCUT2D eigenvalue weighted by atomic mass is 16.2. The van der Waals surface area contributed by atoms with Gasteiger partial charge in [-0.2, -0.15) is 0 Å². The summed E-state index contributed by atoms with van der Waals surface area (Å²) in [6, 6.07) is 5.35. The second kappa shape index (κ2) is 7.18. The van der Waals surface area contributed by atoms with Gasteiger partial charge in [0.15, 0.2) is 0 Å². The number of imide groups is 1. The number of carbonyl (C=O) groups is 3. The van der Waals surface area contributed by atoms with Crippen LogP contribution in [0.4, 0.5) is 0 Å². The number of fused-ring (bicyclic) bond motifs is 1. The molecule has 8 nitrogen and oxygen atoms in total. The van der Waals surface area contributed by atoms with Gasteiger partial charge in [-0.3, -0.25) is 29.1 Å². The lowest BCUT2D eigenvalue weighted by Crippen LogP contribution is -2.56. The van der Waals surface area contributed by atoms with E-state index in [-0.39, 0.29) is 30.2 Å². The third-order valence-corrected chi connectivity index (χ3v) is 5.30. The standard InChI is InChI=1S/C20H24N4O4/c1-12-21-15-7-5-13(6-8-17(26)23(3)4)11-14(15)18(27)24(12)20(2)10-9-16(25)22-19(20)28/h5,7,11H,6,8-10H2,1-4H3,(H,22,25,28)/t20-/m1/s1. The number of piperidine rings is 1. The van der Waals surface area contributed by atoms with Crippen LogP contribution in [0.3, 0.4) is 0 Å². The largest absolute Gasteiger partial charge is 0.349 e. The minimum Gasteiger partial charge on any atom is -0.349 e. The molecule has 0 spiro atoms. The monoisotopic (exact) mass is 384 g/mol. The summed E-state index contributed by atoms with van der Waals surface area (Å²) >= 11 is 0. The Labute approximate surface area is 162 Å². The Morgan fingerprint density at radius 3 is 2.64 bits per heavy atom. The van der Waals surface area contributed by atoms with Crippen LogP contribution in [0.15, 0.2) is 23.0 Å². The SMILES string of the molecule is Cc1nc2ccc(CCC(=O)N(C)C)cc2c(=O)n1[C@]1(C)CCC(=O)NC1=O. The molecular formula is C20H24N4O4. The molecule has 8 heteroatoms. The molecule has 1 aliphatic heterocycles. The third kappa shape index (κ3) is 3.42. The highest BCUT2D eigenvalue weighted by molar-refractivity contribution is 6.01. The van der Waals surface area contributed by atoms with Crippen LogP contribution in [0.1, 0.15) is 37.6 Å². The normalized spacial score (nSPS) is 19.6. The average molecular weight is 384 g/mol. The molecule has 1 fully saturated rings. The number of benzene rings is 1. The Kier molecular flexibility index (Phi) is 5.06. The number of hydrogen-bond acceptors (Lipinski definition) is 5. The van der Waals surface area contributed by atoms with Gasteiger partial charge in [0.05, 0.1) is 10.9 Å². The molecule has 1 aromatic heterocycles. The zero-order chi connectivity index (χ0) is 20.6. The predicted octanol–water partition coefficient (Wildman–Crippen LogP) is 0.878. The van der Waals surface area contributed by atoms with Crippen LogP contribution in [-0.4, -0.2) is 46.3 Å². The second-order valence-electron chi connectivity index (χ2n) is 7.59. The highest BCUT2D eigenvalue weighted by Gasteiger charge is 2.42. The molecule has 2 aromatic rings. The summed E-state index contributed by atoms with van der Waals surface area (Å²) < 4.78 is 1.38. The fourth-order valence-electron chi connectivity index (χ4n) is 3.56. The Hall–Kier alpha value is -3.03. The number of aromatic nitrogens is 2. The summed E-state index contributed by atoms with van der Waals surface area (Å²) in [6.45, 7) is 3.33. The number of hydrogen-bond donors (Lipinski definition) is 1. The molecule has 2 heterocycles. The molecular weight excluding hydrogens is 360 g/mol.